The first-order valence-electron chi connectivity index (χ1n) is 18.8. The van der Waals surface area contributed by atoms with Gasteiger partial charge in [0.15, 0.2) is 0 Å². The molecule has 4 saturated carbocycles. The maximum atomic E-state index is 12.2. The summed E-state index contributed by atoms with van der Waals surface area (Å²) in [5.41, 5.74) is 0.333. The van der Waals surface area contributed by atoms with Gasteiger partial charge in [0.1, 0.15) is 6.61 Å². The molecule has 0 aliphatic heterocycles. The number of rotatable bonds is 22. The number of carbonyl (C=O) groups excluding carboxylic acids is 2. The molecule has 1 heterocycles. The van der Waals surface area contributed by atoms with Gasteiger partial charge in [-0.3, -0.25) is 9.59 Å². The molecule has 48 heavy (non-hydrogen) atoms. The third kappa shape index (κ3) is 20.5. The number of aromatic nitrogens is 2. The molecule has 0 saturated heterocycles. The van der Waals surface area contributed by atoms with Crippen molar-refractivity contribution in [3.05, 3.63) is 51.6 Å². The Morgan fingerprint density at radius 2 is 1.50 bits per heavy atom. The molecule has 4 aliphatic rings. The van der Waals surface area contributed by atoms with Crippen LogP contribution in [-0.2, 0) is 25.6 Å². The first kappa shape index (κ1) is 44.9. The number of allylic oxidation sites excluding steroid dienone is 1. The standard InChI is InChI=1S/C20H33O2.C14H25O2S.C6H9N2.Li/c1-2-3-4-5-6-7-8-22-19(21)15-20-12-16-9-17(13-20)11-18(10-16)14-20;1-3-5-6-7-8-9-10-12-17-13-11-16-14(15)4-2;1-2-4-8-5-3-7-6-8;/h16-18H,1-15H2;9-10H,2-8,11-13H2,1H3;3,5-6H,1-2,4H2;/q3*-1;+1/b;10-9-;;. The molecule has 5 rings (SSSR count). The maximum absolute atomic E-state index is 12.2. The van der Waals surface area contributed by atoms with Crippen molar-refractivity contribution < 1.29 is 37.9 Å². The number of hydrogen-bond acceptors (Lipinski definition) is 6. The Kier molecular flexibility index (Phi) is 26.7. The van der Waals surface area contributed by atoms with Crippen LogP contribution in [0.2, 0.25) is 0 Å². The Balaban J connectivity index is 0.000000393. The van der Waals surface area contributed by atoms with Gasteiger partial charge in [0.25, 0.3) is 5.97 Å². The predicted molar refractivity (Wildman–Crippen MR) is 198 cm³/mol. The summed E-state index contributed by atoms with van der Waals surface area (Å²) in [6.45, 7) is 15.4. The molecule has 1 aromatic heterocycles. The van der Waals surface area contributed by atoms with Gasteiger partial charge in [-0.15, -0.1) is 0 Å². The first-order valence-corrected chi connectivity index (χ1v) is 20.0. The summed E-state index contributed by atoms with van der Waals surface area (Å²) in [5, 5.41) is 0. The molecule has 0 aromatic carbocycles. The van der Waals surface area contributed by atoms with Crippen molar-refractivity contribution in [2.24, 2.45) is 23.2 Å². The summed E-state index contributed by atoms with van der Waals surface area (Å²) in [5.74, 6) is 4.52. The summed E-state index contributed by atoms with van der Waals surface area (Å²) in [6.07, 6.45) is 33.6. The normalized spacial score (nSPS) is 21.9. The fourth-order valence-electron chi connectivity index (χ4n) is 7.77. The zero-order valence-corrected chi connectivity index (χ0v) is 31.7. The summed E-state index contributed by atoms with van der Waals surface area (Å²) in [6, 6.07) is 0. The van der Waals surface area contributed by atoms with Gasteiger partial charge in [-0.05, 0) is 87.5 Å². The fourth-order valence-corrected chi connectivity index (χ4v) is 8.41. The molecule has 270 valence electrons. The van der Waals surface area contributed by atoms with Crippen LogP contribution in [0, 0.1) is 43.9 Å². The predicted octanol–water partition coefficient (Wildman–Crippen LogP) is 7.44. The van der Waals surface area contributed by atoms with Crippen LogP contribution in [0.15, 0.2) is 30.9 Å². The average molecular weight is 679 g/mol. The third-order valence-electron chi connectivity index (χ3n) is 9.62. The van der Waals surface area contributed by atoms with E-state index in [2.05, 4.69) is 44.8 Å². The monoisotopic (exact) mass is 678 g/mol. The molecular formula is C40H67LiN2O4S-2. The second-order valence-corrected chi connectivity index (χ2v) is 15.1. The van der Waals surface area contributed by atoms with Crippen molar-refractivity contribution >= 4 is 23.7 Å². The van der Waals surface area contributed by atoms with Crippen molar-refractivity contribution in [2.75, 3.05) is 24.7 Å². The van der Waals surface area contributed by atoms with E-state index in [0.717, 1.165) is 55.1 Å². The number of imidazole rings is 1. The van der Waals surface area contributed by atoms with Crippen LogP contribution < -0.4 is 18.9 Å². The van der Waals surface area contributed by atoms with Crippen LogP contribution in [0.3, 0.4) is 0 Å². The second-order valence-electron chi connectivity index (χ2n) is 14.0. The third-order valence-corrected chi connectivity index (χ3v) is 10.5. The zero-order valence-electron chi connectivity index (χ0n) is 30.9. The summed E-state index contributed by atoms with van der Waals surface area (Å²) < 4.78 is 12.5. The van der Waals surface area contributed by atoms with Crippen molar-refractivity contribution in [2.45, 2.75) is 142 Å². The van der Waals surface area contributed by atoms with Crippen LogP contribution in [0.5, 0.6) is 0 Å². The van der Waals surface area contributed by atoms with E-state index in [-0.39, 0.29) is 37.2 Å². The molecule has 8 heteroatoms. The van der Waals surface area contributed by atoms with Crippen molar-refractivity contribution in [1.29, 1.82) is 0 Å². The molecule has 0 amide bonds. The number of nitrogens with zero attached hydrogens (tertiary/aromatic N) is 2. The number of esters is 2. The molecule has 0 radical (unpaired) electrons. The van der Waals surface area contributed by atoms with Gasteiger partial charge in [0.2, 0.25) is 0 Å². The molecule has 0 spiro atoms. The summed E-state index contributed by atoms with van der Waals surface area (Å²) in [7, 11) is 0. The van der Waals surface area contributed by atoms with E-state index in [4.69, 9.17) is 9.47 Å². The second kappa shape index (κ2) is 28.5. The topological polar surface area (TPSA) is 70.4 Å². The molecule has 1 aromatic rings. The van der Waals surface area contributed by atoms with Crippen LogP contribution in [0.1, 0.15) is 135 Å². The fraction of sp³-hybridized carbons (Fsp3) is 0.750. The largest absolute Gasteiger partial charge is 1.00 e. The Labute approximate surface area is 311 Å². The smallest absolute Gasteiger partial charge is 0.467 e. The van der Waals surface area contributed by atoms with Gasteiger partial charge < -0.3 is 34.8 Å². The number of unbranched alkanes of at least 4 members (excludes halogenated alkanes) is 9. The number of carbonyl (C=O) groups is 2. The quantitative estimate of drug-likeness (QED) is 0.0418. The molecule has 0 unspecified atom stereocenters. The van der Waals surface area contributed by atoms with Crippen LogP contribution in [-0.4, -0.2) is 46.2 Å². The van der Waals surface area contributed by atoms with E-state index in [1.54, 1.807) is 24.3 Å². The molecule has 0 N–H and O–H groups in total. The Morgan fingerprint density at radius 3 is 2.10 bits per heavy atom. The number of hydrogen-bond donors (Lipinski definition) is 0. The molecule has 4 bridgehead atoms. The van der Waals surface area contributed by atoms with E-state index in [9.17, 15) is 9.59 Å². The van der Waals surface area contributed by atoms with Gasteiger partial charge in [0, 0.05) is 23.9 Å². The minimum atomic E-state index is -0.211. The zero-order chi connectivity index (χ0) is 34.0. The van der Waals surface area contributed by atoms with Crippen LogP contribution >= 0.6 is 11.8 Å². The minimum absolute atomic E-state index is 0. The molecular weight excluding hydrogens is 611 g/mol. The SMILES string of the molecule is [CH2-]CC(=O)OCCSC/C=C\CCCCCC.[CH2-]CCCCCCCOC(=O)CC12CC3CC(CC(C3)C1)C2.[CH2-]CCn1ccnc1.[Li+]. The van der Waals surface area contributed by atoms with Gasteiger partial charge in [-0.1, -0.05) is 70.4 Å². The van der Waals surface area contributed by atoms with Crippen LogP contribution in [0.25, 0.3) is 0 Å². The first-order chi connectivity index (χ1) is 22.9. The number of ether oxygens (including phenoxy) is 2. The number of thioether (sulfide) groups is 1. The van der Waals surface area contributed by atoms with Gasteiger partial charge >= 0.3 is 24.8 Å². The van der Waals surface area contributed by atoms with E-state index in [1.807, 2.05) is 10.8 Å². The van der Waals surface area contributed by atoms with E-state index < -0.39 is 0 Å². The molecule has 6 nitrogen and oxygen atoms in total. The van der Waals surface area contributed by atoms with Crippen molar-refractivity contribution in [3.63, 3.8) is 0 Å². The maximum Gasteiger partial charge on any atom is 1.00 e. The van der Waals surface area contributed by atoms with Crippen molar-refractivity contribution in [3.8, 4) is 0 Å². The van der Waals surface area contributed by atoms with Gasteiger partial charge in [-0.2, -0.15) is 24.6 Å². The summed E-state index contributed by atoms with van der Waals surface area (Å²) in [4.78, 5) is 26.9. The van der Waals surface area contributed by atoms with Crippen LogP contribution in [0.4, 0.5) is 0 Å². The summed E-state index contributed by atoms with van der Waals surface area (Å²) >= 11 is 1.79. The van der Waals surface area contributed by atoms with E-state index in [1.165, 1.54) is 96.3 Å². The Morgan fingerprint density at radius 1 is 0.854 bits per heavy atom. The molecule has 4 fully saturated rings. The molecule has 0 atom stereocenters. The van der Waals surface area contributed by atoms with E-state index >= 15 is 0 Å². The van der Waals surface area contributed by atoms with E-state index in [0.29, 0.717) is 25.0 Å². The van der Waals surface area contributed by atoms with Gasteiger partial charge in [-0.25, -0.2) is 4.98 Å². The number of aryl methyl sites for hydroxylation is 1. The Bertz CT molecular complexity index is 920. The average Bonchev–Trinajstić information content (AvgIpc) is 3.56. The van der Waals surface area contributed by atoms with Gasteiger partial charge in [0.05, 0.1) is 19.4 Å². The molecule has 4 aliphatic carbocycles. The Hall–Kier alpha value is -1.16. The minimum Gasteiger partial charge on any atom is -0.467 e. The van der Waals surface area contributed by atoms with Crippen molar-refractivity contribution in [1.82, 2.24) is 9.55 Å².